The number of halogens is 1. The van der Waals surface area contributed by atoms with E-state index in [1.54, 1.807) is 0 Å². The van der Waals surface area contributed by atoms with Crippen molar-refractivity contribution >= 4 is 137 Å². The summed E-state index contributed by atoms with van der Waals surface area (Å²) >= 11 is 3.47. The summed E-state index contributed by atoms with van der Waals surface area (Å²) in [6.45, 7) is 0. The molecule has 16 aromatic carbocycles. The number of benzene rings is 16. The van der Waals surface area contributed by atoms with Crippen LogP contribution in [0.25, 0.3) is 164 Å². The highest BCUT2D eigenvalue weighted by atomic mass is 79.9. The maximum atomic E-state index is 10.1. The van der Waals surface area contributed by atoms with E-state index in [4.69, 9.17) is 8.83 Å². The van der Waals surface area contributed by atoms with E-state index in [2.05, 4.69) is 253 Å². The number of hydrogen-bond acceptors (Lipinski definition) is 4. The SMILES string of the molecule is Brc1ccc(-c2cccc3c2oc2ccccc23)cc1.C.OB(O)c1c2ccccc2c(-c2ccc3ccccc3c2)c2ccccc12.c1ccc2cc(-c3c4ccccc4c(-c4ccc(-c5cccc6c5oc5ccccc56)cc4)c4ccccc34)ccc2c1. The Bertz CT molecular complexity index is 5670. The molecule has 0 spiro atoms. The van der Waals surface area contributed by atoms with Crippen LogP contribution in [0.3, 0.4) is 0 Å². The van der Waals surface area contributed by atoms with Crippen LogP contribution in [0, 0.1) is 0 Å². The molecule has 4 nitrogen and oxygen atoms in total. The topological polar surface area (TPSA) is 66.7 Å². The van der Waals surface area contributed by atoms with Crippen LogP contribution in [0.4, 0.5) is 0 Å². The summed E-state index contributed by atoms with van der Waals surface area (Å²) in [5.41, 5.74) is 16.1. The van der Waals surface area contributed by atoms with E-state index < -0.39 is 7.12 Å². The van der Waals surface area contributed by atoms with Crippen molar-refractivity contribution in [2.24, 2.45) is 0 Å². The van der Waals surface area contributed by atoms with Gasteiger partial charge in [0.05, 0.1) is 0 Å². The Hall–Kier alpha value is -10.9. The van der Waals surface area contributed by atoms with Gasteiger partial charge >= 0.3 is 7.12 Å². The first-order valence-corrected chi connectivity index (χ1v) is 31.1. The minimum Gasteiger partial charge on any atom is -0.455 e. The minimum absolute atomic E-state index is 0. The van der Waals surface area contributed by atoms with Crippen LogP contribution in [0.1, 0.15) is 7.43 Å². The molecular formula is C85H58BBrO4. The molecule has 6 heteroatoms. The molecule has 18 rings (SSSR count). The Morgan fingerprint density at radius 2 is 0.549 bits per heavy atom. The number of rotatable bonds is 6. The van der Waals surface area contributed by atoms with Crippen LogP contribution in [-0.2, 0) is 0 Å². The van der Waals surface area contributed by atoms with E-state index in [9.17, 15) is 10.0 Å². The van der Waals surface area contributed by atoms with Gasteiger partial charge in [-0.15, -0.1) is 0 Å². The van der Waals surface area contributed by atoms with Crippen LogP contribution in [0.5, 0.6) is 0 Å². The monoisotopic (exact) mass is 1230 g/mol. The van der Waals surface area contributed by atoms with Crippen LogP contribution in [0.2, 0.25) is 0 Å². The van der Waals surface area contributed by atoms with Gasteiger partial charge in [0.2, 0.25) is 0 Å². The summed E-state index contributed by atoms with van der Waals surface area (Å²) < 4.78 is 13.5. The molecule has 0 bridgehead atoms. The molecule has 2 heterocycles. The van der Waals surface area contributed by atoms with E-state index in [1.165, 1.54) is 76.1 Å². The summed E-state index contributed by atoms with van der Waals surface area (Å²) in [6.07, 6.45) is 0. The van der Waals surface area contributed by atoms with Crippen molar-refractivity contribution in [2.75, 3.05) is 0 Å². The molecular weight excluding hydrogens is 1180 g/mol. The highest BCUT2D eigenvalue weighted by Gasteiger charge is 2.23. The first-order valence-electron chi connectivity index (χ1n) is 30.3. The third kappa shape index (κ3) is 10.2. The second-order valence-electron chi connectivity index (χ2n) is 22.9. The van der Waals surface area contributed by atoms with Gasteiger partial charge in [0, 0.05) is 37.1 Å². The molecule has 91 heavy (non-hydrogen) atoms. The molecule has 0 aliphatic carbocycles. The highest BCUT2D eigenvalue weighted by molar-refractivity contribution is 9.10. The van der Waals surface area contributed by atoms with E-state index >= 15 is 0 Å². The minimum atomic E-state index is -1.52. The Balaban J connectivity index is 0.000000123. The van der Waals surface area contributed by atoms with Crippen molar-refractivity contribution in [2.45, 2.75) is 7.43 Å². The number of para-hydroxylation sites is 4. The molecule has 432 valence electrons. The summed E-state index contributed by atoms with van der Waals surface area (Å²) in [5.74, 6) is 0. The van der Waals surface area contributed by atoms with Crippen molar-refractivity contribution < 1.29 is 18.9 Å². The highest BCUT2D eigenvalue weighted by Crippen LogP contribution is 2.46. The standard InChI is InChI=1S/C42H26O.C24H17BO2.C18H11BrO.CH4/c1-2-11-30-26-31(25-20-27(30)10-1)41-36-15-5-3-13-34(36)40(35-14-4-6-16-37(35)41)29-23-21-28(22-24-29)32-17-9-18-38-33-12-7-8-19-39(33)43-42(32)38;26-25(27)24-21-11-5-3-9-19(21)23(20-10-4-6-12-22(20)24)18-14-13-16-7-1-2-8-17(16)15-18;19-13-10-8-12(9-11-13)14-5-3-6-16-15-4-1-2-7-17(15)20-18(14)16;/h1-26H;1-15,26-27H;1-11H;1H4. The lowest BCUT2D eigenvalue weighted by Crippen LogP contribution is -2.31. The van der Waals surface area contributed by atoms with Crippen molar-refractivity contribution in [1.29, 1.82) is 0 Å². The molecule has 0 aliphatic heterocycles. The normalized spacial score (nSPS) is 11.4. The number of fused-ring (bicyclic) bond motifs is 12. The van der Waals surface area contributed by atoms with Crippen molar-refractivity contribution in [3.8, 4) is 55.6 Å². The molecule has 0 radical (unpaired) electrons. The molecule has 0 atom stereocenters. The zero-order valence-electron chi connectivity index (χ0n) is 48.7. The van der Waals surface area contributed by atoms with Crippen molar-refractivity contribution in [1.82, 2.24) is 0 Å². The quantitative estimate of drug-likeness (QED) is 0.129. The Kier molecular flexibility index (Phi) is 14.9. The molecule has 2 N–H and O–H groups in total. The van der Waals surface area contributed by atoms with E-state index in [1.807, 2.05) is 78.9 Å². The second-order valence-corrected chi connectivity index (χ2v) is 23.8. The summed E-state index contributed by atoms with van der Waals surface area (Å²) in [5, 5.41) is 38.5. The van der Waals surface area contributed by atoms with Gasteiger partial charge in [0.1, 0.15) is 22.3 Å². The maximum absolute atomic E-state index is 10.1. The fourth-order valence-corrected chi connectivity index (χ4v) is 13.9. The van der Waals surface area contributed by atoms with Gasteiger partial charge in [-0.1, -0.05) is 302 Å². The van der Waals surface area contributed by atoms with Gasteiger partial charge in [0.15, 0.2) is 0 Å². The van der Waals surface area contributed by atoms with Gasteiger partial charge < -0.3 is 18.9 Å². The lowest BCUT2D eigenvalue weighted by molar-refractivity contribution is 0.426. The third-order valence-corrected chi connectivity index (χ3v) is 18.2. The third-order valence-electron chi connectivity index (χ3n) is 17.7. The van der Waals surface area contributed by atoms with E-state index in [-0.39, 0.29) is 7.43 Å². The fourth-order valence-electron chi connectivity index (χ4n) is 13.6. The van der Waals surface area contributed by atoms with Crippen molar-refractivity contribution in [3.63, 3.8) is 0 Å². The summed E-state index contributed by atoms with van der Waals surface area (Å²) in [6, 6.07) is 110. The zero-order chi connectivity index (χ0) is 60.2. The van der Waals surface area contributed by atoms with E-state index in [0.29, 0.717) is 5.46 Å². The average molecular weight is 1230 g/mol. The van der Waals surface area contributed by atoms with Crippen LogP contribution >= 0.6 is 15.9 Å². The summed E-state index contributed by atoms with van der Waals surface area (Å²) in [4.78, 5) is 0. The molecule has 0 amide bonds. The number of hydrogen-bond donors (Lipinski definition) is 2. The number of furan rings is 2. The molecule has 0 saturated carbocycles. The van der Waals surface area contributed by atoms with E-state index in [0.717, 1.165) is 92.5 Å². The molecule has 18 aromatic rings. The van der Waals surface area contributed by atoms with Gasteiger partial charge in [-0.3, -0.25) is 0 Å². The predicted octanol–water partition coefficient (Wildman–Crippen LogP) is 23.2. The van der Waals surface area contributed by atoms with Crippen molar-refractivity contribution in [3.05, 3.63) is 320 Å². The molecule has 0 fully saturated rings. The summed E-state index contributed by atoms with van der Waals surface area (Å²) in [7, 11) is -1.52. The predicted molar refractivity (Wildman–Crippen MR) is 390 cm³/mol. The Morgan fingerprint density at radius 1 is 0.253 bits per heavy atom. The van der Waals surface area contributed by atoms with Crippen LogP contribution in [0.15, 0.2) is 329 Å². The first-order chi connectivity index (χ1) is 44.4. The van der Waals surface area contributed by atoms with Gasteiger partial charge in [-0.25, -0.2) is 0 Å². The Labute approximate surface area is 535 Å². The van der Waals surface area contributed by atoms with Crippen LogP contribution < -0.4 is 5.46 Å². The fraction of sp³-hybridized carbons (Fsp3) is 0.0118. The molecule has 0 unspecified atom stereocenters. The zero-order valence-corrected chi connectivity index (χ0v) is 50.3. The maximum Gasteiger partial charge on any atom is 0.489 e. The molecule has 0 saturated heterocycles. The smallest absolute Gasteiger partial charge is 0.455 e. The lowest BCUT2D eigenvalue weighted by Gasteiger charge is -2.18. The van der Waals surface area contributed by atoms with Gasteiger partial charge in [-0.2, -0.15) is 0 Å². The Morgan fingerprint density at radius 3 is 0.956 bits per heavy atom. The van der Waals surface area contributed by atoms with Crippen LogP contribution in [-0.4, -0.2) is 17.2 Å². The average Bonchev–Trinajstić information content (AvgIpc) is 1.63. The largest absolute Gasteiger partial charge is 0.489 e. The van der Waals surface area contributed by atoms with Gasteiger partial charge in [0.25, 0.3) is 0 Å². The lowest BCUT2D eigenvalue weighted by atomic mass is 9.72. The molecule has 2 aromatic heterocycles. The second kappa shape index (κ2) is 23.9. The molecule has 0 aliphatic rings. The van der Waals surface area contributed by atoms with Gasteiger partial charge in [-0.05, 0) is 151 Å². The first kappa shape index (κ1) is 56.6.